The second kappa shape index (κ2) is 7.73. The molecule has 9 heteroatoms. The van der Waals surface area contributed by atoms with Gasteiger partial charge in [0.05, 0.1) is 26.0 Å². The van der Waals surface area contributed by atoms with Crippen LogP contribution in [-0.2, 0) is 20.8 Å². The Kier molecular flexibility index (Phi) is 5.12. The van der Waals surface area contributed by atoms with E-state index >= 15 is 0 Å². The fourth-order valence-electron chi connectivity index (χ4n) is 3.54. The number of hydrogen-bond acceptors (Lipinski definition) is 6. The van der Waals surface area contributed by atoms with Crippen LogP contribution in [0.2, 0.25) is 0 Å². The molecule has 0 aromatic carbocycles. The molecule has 0 saturated carbocycles. The van der Waals surface area contributed by atoms with E-state index in [1.54, 1.807) is 29.2 Å². The summed E-state index contributed by atoms with van der Waals surface area (Å²) in [5.74, 6) is 1.43. The summed E-state index contributed by atoms with van der Waals surface area (Å²) in [6.45, 7) is 0.234. The van der Waals surface area contributed by atoms with Crippen molar-refractivity contribution >= 4 is 0 Å². The highest BCUT2D eigenvalue weighted by atomic mass is 19.3. The number of alkyl halides is 2. The van der Waals surface area contributed by atoms with E-state index in [0.717, 1.165) is 5.56 Å². The van der Waals surface area contributed by atoms with Crippen molar-refractivity contribution in [2.45, 2.75) is 25.5 Å². The lowest BCUT2D eigenvalue weighted by molar-refractivity contribution is -0.0478. The average Bonchev–Trinajstić information content (AvgIpc) is 3.25. The van der Waals surface area contributed by atoms with Gasteiger partial charge in [0.1, 0.15) is 12.4 Å². The van der Waals surface area contributed by atoms with Crippen molar-refractivity contribution in [3.05, 3.63) is 66.0 Å². The molecule has 0 fully saturated rings. The summed E-state index contributed by atoms with van der Waals surface area (Å²) in [4.78, 5) is 8.11. The van der Waals surface area contributed by atoms with Crippen molar-refractivity contribution in [3.8, 4) is 5.88 Å². The maximum atomic E-state index is 14.2. The SMILES string of the molecule is COC1=CC(Cn2ccnc2)(C(F)F)CC2=C1OC(c1ccc(OC)nc1)CO2. The number of aromatic nitrogens is 3. The number of imidazole rings is 1. The van der Waals surface area contributed by atoms with Crippen molar-refractivity contribution in [3.63, 3.8) is 0 Å². The lowest BCUT2D eigenvalue weighted by Crippen LogP contribution is -2.38. The van der Waals surface area contributed by atoms with Gasteiger partial charge in [-0.05, 0) is 12.1 Å². The van der Waals surface area contributed by atoms with Gasteiger partial charge in [-0.3, -0.25) is 0 Å². The molecular formula is C20H21F2N3O4. The molecule has 4 rings (SSSR count). The summed E-state index contributed by atoms with van der Waals surface area (Å²) in [5, 5.41) is 0. The van der Waals surface area contributed by atoms with Crippen LogP contribution >= 0.6 is 0 Å². The lowest BCUT2D eigenvalue weighted by atomic mass is 9.79. The predicted molar refractivity (Wildman–Crippen MR) is 98.0 cm³/mol. The number of ether oxygens (including phenoxy) is 4. The molecule has 1 aliphatic carbocycles. The Morgan fingerprint density at radius 1 is 1.31 bits per heavy atom. The van der Waals surface area contributed by atoms with E-state index in [0.29, 0.717) is 17.4 Å². The monoisotopic (exact) mass is 405 g/mol. The topological polar surface area (TPSA) is 67.6 Å². The summed E-state index contributed by atoms with van der Waals surface area (Å²) in [6.07, 6.45) is 4.74. The smallest absolute Gasteiger partial charge is 0.249 e. The van der Waals surface area contributed by atoms with Gasteiger partial charge >= 0.3 is 0 Å². The quantitative estimate of drug-likeness (QED) is 0.733. The Morgan fingerprint density at radius 2 is 2.17 bits per heavy atom. The number of halogens is 2. The first-order valence-corrected chi connectivity index (χ1v) is 9.08. The minimum atomic E-state index is -2.63. The third kappa shape index (κ3) is 3.64. The standard InChI is InChI=1S/C20H21F2N3O4/c1-26-14-7-20(19(21)22,11-25-6-5-23-12-25)8-15-18(14)29-16(10-28-15)13-3-4-17(27-2)24-9-13/h3-7,9,12,16,19H,8,10-11H2,1-2H3. The van der Waals surface area contributed by atoms with E-state index in [2.05, 4.69) is 9.97 Å². The molecule has 3 heterocycles. The van der Waals surface area contributed by atoms with Gasteiger partial charge in [0.2, 0.25) is 12.3 Å². The fourth-order valence-corrected chi connectivity index (χ4v) is 3.54. The second-order valence-electron chi connectivity index (χ2n) is 6.96. The van der Waals surface area contributed by atoms with E-state index in [1.807, 2.05) is 6.07 Å². The number of rotatable bonds is 6. The van der Waals surface area contributed by atoms with Crippen LogP contribution in [0.5, 0.6) is 5.88 Å². The Bertz CT molecular complexity index is 912. The third-order valence-electron chi connectivity index (χ3n) is 5.09. The zero-order chi connectivity index (χ0) is 20.4. The van der Waals surface area contributed by atoms with Crippen LogP contribution in [0.3, 0.4) is 0 Å². The van der Waals surface area contributed by atoms with Gasteiger partial charge in [0.15, 0.2) is 17.6 Å². The maximum Gasteiger partial charge on any atom is 0.249 e. The van der Waals surface area contributed by atoms with E-state index < -0.39 is 17.9 Å². The molecule has 0 saturated heterocycles. The highest BCUT2D eigenvalue weighted by Gasteiger charge is 2.46. The Hall–Kier alpha value is -3.10. The van der Waals surface area contributed by atoms with Crippen molar-refractivity contribution in [1.29, 1.82) is 0 Å². The Labute approximate surface area is 166 Å². The number of nitrogens with zero attached hydrogens (tertiary/aromatic N) is 3. The van der Waals surface area contributed by atoms with Crippen molar-refractivity contribution < 1.29 is 27.7 Å². The van der Waals surface area contributed by atoms with Gasteiger partial charge in [-0.15, -0.1) is 0 Å². The third-order valence-corrected chi connectivity index (χ3v) is 5.09. The summed E-state index contributed by atoms with van der Waals surface area (Å²) in [7, 11) is 2.97. The van der Waals surface area contributed by atoms with Crippen LogP contribution in [0.4, 0.5) is 8.78 Å². The molecule has 0 spiro atoms. The summed E-state index contributed by atoms with van der Waals surface area (Å²) >= 11 is 0. The van der Waals surface area contributed by atoms with Gasteiger partial charge in [-0.25, -0.2) is 18.7 Å². The van der Waals surface area contributed by atoms with Crippen molar-refractivity contribution in [1.82, 2.24) is 14.5 Å². The molecule has 0 N–H and O–H groups in total. The minimum Gasteiger partial charge on any atom is -0.493 e. The molecule has 0 amide bonds. The molecule has 29 heavy (non-hydrogen) atoms. The molecule has 0 bridgehead atoms. The number of allylic oxidation sites excluding steroid dienone is 2. The zero-order valence-corrected chi connectivity index (χ0v) is 16.0. The molecule has 7 nitrogen and oxygen atoms in total. The molecule has 2 aromatic heterocycles. The van der Waals surface area contributed by atoms with E-state index in [4.69, 9.17) is 18.9 Å². The van der Waals surface area contributed by atoms with E-state index in [1.165, 1.54) is 26.6 Å². The first kappa shape index (κ1) is 19.2. The zero-order valence-electron chi connectivity index (χ0n) is 16.0. The number of methoxy groups -OCH3 is 2. The molecule has 2 unspecified atom stereocenters. The van der Waals surface area contributed by atoms with Crippen LogP contribution < -0.4 is 4.74 Å². The highest BCUT2D eigenvalue weighted by molar-refractivity contribution is 5.34. The second-order valence-corrected chi connectivity index (χ2v) is 6.96. The Morgan fingerprint density at radius 3 is 2.79 bits per heavy atom. The normalized spacial score (nSPS) is 23.8. The minimum absolute atomic E-state index is 0.00137. The van der Waals surface area contributed by atoms with Crippen LogP contribution in [0, 0.1) is 5.41 Å². The van der Waals surface area contributed by atoms with Crippen LogP contribution in [0.15, 0.2) is 60.4 Å². The fraction of sp³-hybridized carbons (Fsp3) is 0.400. The lowest BCUT2D eigenvalue weighted by Gasteiger charge is -2.39. The van der Waals surface area contributed by atoms with Gasteiger partial charge in [-0.2, -0.15) is 0 Å². The van der Waals surface area contributed by atoms with Crippen LogP contribution in [-0.4, -0.2) is 41.8 Å². The maximum absolute atomic E-state index is 14.2. The summed E-state index contributed by atoms with van der Waals surface area (Å²) in [5.41, 5.74) is -0.695. The summed E-state index contributed by atoms with van der Waals surface area (Å²) < 4.78 is 52.4. The van der Waals surface area contributed by atoms with Gasteiger partial charge < -0.3 is 23.5 Å². The first-order chi connectivity index (χ1) is 14.0. The van der Waals surface area contributed by atoms with Crippen LogP contribution in [0.1, 0.15) is 18.1 Å². The molecule has 2 aromatic rings. The first-order valence-electron chi connectivity index (χ1n) is 9.08. The highest BCUT2D eigenvalue weighted by Crippen LogP contribution is 2.47. The van der Waals surface area contributed by atoms with Crippen molar-refractivity contribution in [2.24, 2.45) is 5.41 Å². The van der Waals surface area contributed by atoms with Gasteiger partial charge in [0, 0.05) is 43.2 Å². The molecule has 2 aliphatic rings. The van der Waals surface area contributed by atoms with E-state index in [9.17, 15) is 8.78 Å². The van der Waals surface area contributed by atoms with E-state index in [-0.39, 0.29) is 25.3 Å². The van der Waals surface area contributed by atoms with Crippen molar-refractivity contribution in [2.75, 3.05) is 20.8 Å². The average molecular weight is 405 g/mol. The molecule has 154 valence electrons. The van der Waals surface area contributed by atoms with Gasteiger partial charge in [-0.1, -0.05) is 0 Å². The predicted octanol–water partition coefficient (Wildman–Crippen LogP) is 3.47. The molecular weight excluding hydrogens is 384 g/mol. The largest absolute Gasteiger partial charge is 0.493 e. The number of pyridine rings is 1. The van der Waals surface area contributed by atoms with Crippen LogP contribution in [0.25, 0.3) is 0 Å². The molecule has 1 aliphatic heterocycles. The number of hydrogen-bond donors (Lipinski definition) is 0. The molecule has 2 atom stereocenters. The molecule has 0 radical (unpaired) electrons. The van der Waals surface area contributed by atoms with Gasteiger partial charge in [0.25, 0.3) is 0 Å². The summed E-state index contributed by atoms with van der Waals surface area (Å²) in [6, 6.07) is 3.55. The Balaban J connectivity index is 1.61.